The molecule has 1 N–H and O–H groups in total. The summed E-state index contributed by atoms with van der Waals surface area (Å²) in [4.78, 5) is 18.7. The second-order valence-electron chi connectivity index (χ2n) is 8.48. The Balaban J connectivity index is 0.00000141. The van der Waals surface area contributed by atoms with Gasteiger partial charge in [0.2, 0.25) is 0 Å². The first-order valence-corrected chi connectivity index (χ1v) is 10.7. The van der Waals surface area contributed by atoms with Gasteiger partial charge in [-0.15, -0.1) is 0 Å². The Kier molecular flexibility index (Phi) is 6.57. The predicted octanol–water partition coefficient (Wildman–Crippen LogP) is 5.64. The molecular weight excluding hydrogens is 421 g/mol. The van der Waals surface area contributed by atoms with Gasteiger partial charge in [-0.25, -0.2) is 9.78 Å². The molecule has 0 aliphatic carbocycles. The van der Waals surface area contributed by atoms with Crippen LogP contribution in [0.4, 0.5) is 23.8 Å². The van der Waals surface area contributed by atoms with Crippen LogP contribution in [0.5, 0.6) is 0 Å². The van der Waals surface area contributed by atoms with Crippen molar-refractivity contribution in [1.29, 1.82) is 0 Å². The van der Waals surface area contributed by atoms with Crippen LogP contribution in [0.15, 0.2) is 36.5 Å². The van der Waals surface area contributed by atoms with Gasteiger partial charge in [-0.2, -0.15) is 13.2 Å². The third-order valence-corrected chi connectivity index (χ3v) is 4.98. The lowest BCUT2D eigenvalue weighted by Gasteiger charge is -2.23. The van der Waals surface area contributed by atoms with Gasteiger partial charge in [0, 0.05) is 19.3 Å². The standard InChI is InChI=1S/C21H23F3N4O2.C2H6/c1-20(2,3)30-19(29)25-14-8-10-27(12-14)18-16-5-4-9-28(16)17-11-13(21(22,23)24)6-7-15(17)26-18;1-2/h4-7,9,11,14H,8,10,12H2,1-3H3,(H,25,29);1-2H3. The van der Waals surface area contributed by atoms with Crippen molar-refractivity contribution in [1.82, 2.24) is 14.7 Å². The van der Waals surface area contributed by atoms with Crippen molar-refractivity contribution in [2.45, 2.75) is 58.9 Å². The highest BCUT2D eigenvalue weighted by Crippen LogP contribution is 2.33. The lowest BCUT2D eigenvalue weighted by Crippen LogP contribution is -2.40. The van der Waals surface area contributed by atoms with E-state index in [9.17, 15) is 18.0 Å². The minimum Gasteiger partial charge on any atom is -0.444 e. The van der Waals surface area contributed by atoms with Crippen molar-refractivity contribution in [3.8, 4) is 0 Å². The first-order valence-electron chi connectivity index (χ1n) is 10.7. The maximum absolute atomic E-state index is 13.1. The molecule has 4 rings (SSSR count). The van der Waals surface area contributed by atoms with Crippen molar-refractivity contribution in [3.05, 3.63) is 42.1 Å². The predicted molar refractivity (Wildman–Crippen MR) is 119 cm³/mol. The molecule has 0 bridgehead atoms. The number of benzene rings is 1. The Bertz CT molecular complexity index is 1100. The van der Waals surface area contributed by atoms with Crippen LogP contribution in [-0.2, 0) is 10.9 Å². The molecule has 1 atom stereocenters. The summed E-state index contributed by atoms with van der Waals surface area (Å²) >= 11 is 0. The summed E-state index contributed by atoms with van der Waals surface area (Å²) in [5.41, 5.74) is 0.318. The number of amides is 1. The van der Waals surface area contributed by atoms with Gasteiger partial charge >= 0.3 is 12.3 Å². The Hall–Kier alpha value is -2.97. The number of anilines is 1. The van der Waals surface area contributed by atoms with Gasteiger partial charge in [0.15, 0.2) is 5.82 Å². The van der Waals surface area contributed by atoms with Crippen LogP contribution in [0.2, 0.25) is 0 Å². The van der Waals surface area contributed by atoms with Crippen LogP contribution in [0.1, 0.15) is 46.6 Å². The normalized spacial score (nSPS) is 16.8. The second kappa shape index (κ2) is 8.88. The monoisotopic (exact) mass is 450 g/mol. The molecule has 0 spiro atoms. The van der Waals surface area contributed by atoms with E-state index in [4.69, 9.17) is 4.74 Å². The molecule has 1 aliphatic rings. The molecule has 0 radical (unpaired) electrons. The Morgan fingerprint density at radius 1 is 1.16 bits per heavy atom. The highest BCUT2D eigenvalue weighted by Gasteiger charge is 2.32. The molecular formula is C23H29F3N4O2. The summed E-state index contributed by atoms with van der Waals surface area (Å²) in [5, 5.41) is 2.88. The number of ether oxygens (including phenoxy) is 1. The fourth-order valence-corrected chi connectivity index (χ4v) is 3.71. The Labute approximate surface area is 185 Å². The second-order valence-corrected chi connectivity index (χ2v) is 8.48. The molecule has 6 nitrogen and oxygen atoms in total. The van der Waals surface area contributed by atoms with Crippen molar-refractivity contribution in [3.63, 3.8) is 0 Å². The number of carbonyl (C=O) groups is 1. The van der Waals surface area contributed by atoms with E-state index in [1.54, 1.807) is 37.4 Å². The van der Waals surface area contributed by atoms with Crippen LogP contribution in [0, 0.1) is 0 Å². The summed E-state index contributed by atoms with van der Waals surface area (Å²) < 4.78 is 46.4. The fraction of sp³-hybridized carbons (Fsp3) is 0.478. The fourth-order valence-electron chi connectivity index (χ4n) is 3.71. The topological polar surface area (TPSA) is 58.9 Å². The smallest absolute Gasteiger partial charge is 0.416 e. The number of alkyl halides is 3. The zero-order valence-corrected chi connectivity index (χ0v) is 19.0. The van der Waals surface area contributed by atoms with Gasteiger partial charge in [-0.1, -0.05) is 13.8 Å². The molecule has 1 saturated heterocycles. The lowest BCUT2D eigenvalue weighted by molar-refractivity contribution is -0.137. The summed E-state index contributed by atoms with van der Waals surface area (Å²) in [6, 6.07) is 7.08. The summed E-state index contributed by atoms with van der Waals surface area (Å²) in [7, 11) is 0. The third-order valence-electron chi connectivity index (χ3n) is 4.98. The van der Waals surface area contributed by atoms with Crippen molar-refractivity contribution in [2.24, 2.45) is 0 Å². The van der Waals surface area contributed by atoms with E-state index in [2.05, 4.69) is 10.3 Å². The van der Waals surface area contributed by atoms with Crippen LogP contribution in [-0.4, -0.2) is 40.2 Å². The minimum atomic E-state index is -4.41. The van der Waals surface area contributed by atoms with Gasteiger partial charge in [-0.05, 0) is 57.5 Å². The van der Waals surface area contributed by atoms with Gasteiger partial charge in [0.05, 0.1) is 28.2 Å². The first kappa shape index (κ1) is 23.7. The molecule has 1 aliphatic heterocycles. The summed E-state index contributed by atoms with van der Waals surface area (Å²) in [6.45, 7) is 10.6. The molecule has 1 fully saturated rings. The summed E-state index contributed by atoms with van der Waals surface area (Å²) in [6.07, 6.45) is -2.43. The maximum atomic E-state index is 13.1. The van der Waals surface area contributed by atoms with E-state index in [-0.39, 0.29) is 6.04 Å². The van der Waals surface area contributed by atoms with Crippen LogP contribution in [0.25, 0.3) is 16.6 Å². The van der Waals surface area contributed by atoms with Crippen LogP contribution < -0.4 is 10.2 Å². The quantitative estimate of drug-likeness (QED) is 0.549. The largest absolute Gasteiger partial charge is 0.444 e. The van der Waals surface area contributed by atoms with Crippen LogP contribution in [0.3, 0.4) is 0 Å². The number of halogens is 3. The molecule has 9 heteroatoms. The molecule has 32 heavy (non-hydrogen) atoms. The van der Waals surface area contributed by atoms with Gasteiger partial charge in [-0.3, -0.25) is 0 Å². The minimum absolute atomic E-state index is 0.0973. The number of nitrogens with zero attached hydrogens (tertiary/aromatic N) is 3. The molecule has 1 amide bonds. The molecule has 1 aromatic carbocycles. The van der Waals surface area contributed by atoms with E-state index in [0.717, 1.165) is 24.1 Å². The summed E-state index contributed by atoms with van der Waals surface area (Å²) in [5.74, 6) is 0.681. The van der Waals surface area contributed by atoms with Gasteiger partial charge < -0.3 is 19.4 Å². The maximum Gasteiger partial charge on any atom is 0.416 e. The SMILES string of the molecule is CC.CC(C)(C)OC(=O)NC1CCN(c2nc3ccc(C(F)(F)F)cc3n3cccc23)C1. The van der Waals surface area contributed by atoms with Crippen molar-refractivity contribution < 1.29 is 22.7 Å². The van der Waals surface area contributed by atoms with E-state index >= 15 is 0 Å². The number of carbonyl (C=O) groups excluding carboxylic acids is 1. The Morgan fingerprint density at radius 2 is 1.88 bits per heavy atom. The first-order chi connectivity index (χ1) is 15.0. The number of alkyl carbamates (subject to hydrolysis) is 1. The number of fused-ring (bicyclic) bond motifs is 3. The van der Waals surface area contributed by atoms with E-state index in [1.807, 2.05) is 24.8 Å². The number of rotatable bonds is 2. The number of hydrogen-bond acceptors (Lipinski definition) is 4. The molecule has 3 aromatic rings. The average Bonchev–Trinajstić information content (AvgIpc) is 3.36. The van der Waals surface area contributed by atoms with Crippen molar-refractivity contribution in [2.75, 3.05) is 18.0 Å². The average molecular weight is 451 g/mol. The highest BCUT2D eigenvalue weighted by molar-refractivity contribution is 5.85. The third kappa shape index (κ3) is 5.08. The number of hydrogen-bond donors (Lipinski definition) is 1. The number of aromatic nitrogens is 2. The van der Waals surface area contributed by atoms with E-state index in [1.165, 1.54) is 6.07 Å². The van der Waals surface area contributed by atoms with Crippen LogP contribution >= 0.6 is 0 Å². The van der Waals surface area contributed by atoms with Gasteiger partial charge in [0.25, 0.3) is 0 Å². The van der Waals surface area contributed by atoms with E-state index in [0.29, 0.717) is 29.9 Å². The zero-order chi connectivity index (χ0) is 23.7. The molecule has 174 valence electrons. The van der Waals surface area contributed by atoms with Crippen molar-refractivity contribution >= 4 is 28.5 Å². The molecule has 1 unspecified atom stereocenters. The number of nitrogens with one attached hydrogen (secondary N) is 1. The van der Waals surface area contributed by atoms with E-state index < -0.39 is 23.4 Å². The highest BCUT2D eigenvalue weighted by atomic mass is 19.4. The molecule has 0 saturated carbocycles. The molecule has 2 aromatic heterocycles. The Morgan fingerprint density at radius 3 is 2.53 bits per heavy atom. The lowest BCUT2D eigenvalue weighted by atomic mass is 10.2. The molecule has 3 heterocycles. The zero-order valence-electron chi connectivity index (χ0n) is 19.0. The van der Waals surface area contributed by atoms with Gasteiger partial charge in [0.1, 0.15) is 5.60 Å².